The van der Waals surface area contributed by atoms with Crippen molar-refractivity contribution < 1.29 is 0 Å². The monoisotopic (exact) mass is 308 g/mol. The lowest BCUT2D eigenvalue weighted by Crippen LogP contribution is -2.30. The molecule has 1 aromatic heterocycles. The van der Waals surface area contributed by atoms with Crippen molar-refractivity contribution >= 4 is 16.5 Å². The van der Waals surface area contributed by atoms with Gasteiger partial charge in [0.15, 0.2) is 5.13 Å². The Morgan fingerprint density at radius 1 is 1.24 bits per heavy atom. The molecular formula is C16H28N4S. The van der Waals surface area contributed by atoms with Crippen LogP contribution in [0.2, 0.25) is 0 Å². The van der Waals surface area contributed by atoms with Gasteiger partial charge < -0.3 is 15.1 Å². The second-order valence-corrected chi connectivity index (χ2v) is 8.35. The van der Waals surface area contributed by atoms with E-state index in [1.54, 1.807) is 0 Å². The van der Waals surface area contributed by atoms with Crippen LogP contribution in [0.4, 0.5) is 5.13 Å². The first-order valence-electron chi connectivity index (χ1n) is 8.09. The molecule has 0 saturated carbocycles. The molecule has 0 amide bonds. The summed E-state index contributed by atoms with van der Waals surface area (Å²) in [5.41, 5.74) is 1.69. The highest BCUT2D eigenvalue weighted by Gasteiger charge is 2.35. The van der Waals surface area contributed by atoms with Crippen molar-refractivity contribution in [2.24, 2.45) is 5.41 Å². The molecule has 5 heteroatoms. The average Bonchev–Trinajstić information content (AvgIpc) is 2.71. The minimum atomic E-state index is 0.352. The van der Waals surface area contributed by atoms with E-state index in [0.717, 1.165) is 26.1 Å². The fourth-order valence-electron chi connectivity index (χ4n) is 3.53. The quantitative estimate of drug-likeness (QED) is 0.910. The van der Waals surface area contributed by atoms with E-state index in [0.29, 0.717) is 11.5 Å². The summed E-state index contributed by atoms with van der Waals surface area (Å²) < 4.78 is 0. The molecular weight excluding hydrogens is 280 g/mol. The smallest absolute Gasteiger partial charge is 0.185 e. The van der Waals surface area contributed by atoms with E-state index in [2.05, 4.69) is 43.1 Å². The van der Waals surface area contributed by atoms with Crippen LogP contribution < -0.4 is 10.2 Å². The maximum Gasteiger partial charge on any atom is 0.185 e. The number of thiazole rings is 1. The minimum Gasteiger partial charge on any atom is -0.347 e. The third-order valence-electron chi connectivity index (χ3n) is 4.77. The van der Waals surface area contributed by atoms with Gasteiger partial charge in [-0.2, -0.15) is 0 Å². The van der Waals surface area contributed by atoms with Crippen molar-refractivity contribution in [1.82, 2.24) is 15.2 Å². The maximum atomic E-state index is 5.02. The summed E-state index contributed by atoms with van der Waals surface area (Å²) in [5.74, 6) is 0. The second kappa shape index (κ2) is 5.86. The van der Waals surface area contributed by atoms with Gasteiger partial charge in [0.2, 0.25) is 0 Å². The fraction of sp³-hybridized carbons (Fsp3) is 0.812. The minimum absolute atomic E-state index is 0.352. The van der Waals surface area contributed by atoms with Crippen LogP contribution in [0, 0.1) is 5.41 Å². The van der Waals surface area contributed by atoms with Crippen LogP contribution in [0.3, 0.4) is 0 Å². The van der Waals surface area contributed by atoms with Crippen LogP contribution in [-0.4, -0.2) is 50.2 Å². The normalized spacial score (nSPS) is 26.5. The molecule has 2 heterocycles. The largest absolute Gasteiger partial charge is 0.347 e. The number of rotatable bonds is 2. The van der Waals surface area contributed by atoms with Gasteiger partial charge in [0.25, 0.3) is 0 Å². The summed E-state index contributed by atoms with van der Waals surface area (Å²) in [6, 6.07) is 0.477. The van der Waals surface area contributed by atoms with Gasteiger partial charge in [-0.15, -0.1) is 0 Å². The number of hydrogen-bond donors (Lipinski definition) is 1. The van der Waals surface area contributed by atoms with Crippen molar-refractivity contribution in [1.29, 1.82) is 0 Å². The third kappa shape index (κ3) is 3.25. The second-order valence-electron chi connectivity index (χ2n) is 7.34. The van der Waals surface area contributed by atoms with E-state index >= 15 is 0 Å². The molecule has 1 fully saturated rings. The molecule has 0 bridgehead atoms. The molecule has 0 spiro atoms. The molecule has 3 rings (SSSR count). The molecule has 0 radical (unpaired) electrons. The zero-order valence-electron chi connectivity index (χ0n) is 13.8. The van der Waals surface area contributed by atoms with Gasteiger partial charge in [0, 0.05) is 30.6 Å². The lowest BCUT2D eigenvalue weighted by Gasteiger charge is -2.34. The lowest BCUT2D eigenvalue weighted by molar-refractivity contribution is 0.265. The number of hydrogen-bond acceptors (Lipinski definition) is 5. The van der Waals surface area contributed by atoms with Crippen molar-refractivity contribution in [3.8, 4) is 0 Å². The molecule has 1 unspecified atom stereocenters. The molecule has 2 aliphatic rings. The van der Waals surface area contributed by atoms with Gasteiger partial charge >= 0.3 is 0 Å². The molecule has 1 N–H and O–H groups in total. The SMILES string of the molecule is CNC1CC(C)(C)Cc2nc(N3CCCN(C)CC3)sc21. The lowest BCUT2D eigenvalue weighted by atomic mass is 9.76. The Hall–Kier alpha value is -0.650. The number of fused-ring (bicyclic) bond motifs is 1. The van der Waals surface area contributed by atoms with Crippen LogP contribution >= 0.6 is 11.3 Å². The maximum absolute atomic E-state index is 5.02. The molecule has 118 valence electrons. The average molecular weight is 308 g/mol. The summed E-state index contributed by atoms with van der Waals surface area (Å²) in [6.45, 7) is 9.32. The molecule has 4 nitrogen and oxygen atoms in total. The standard InChI is InChI=1S/C16H28N4S/c1-16(2)10-12(17-3)14-13(11-16)18-15(21-14)20-7-5-6-19(4)8-9-20/h12,17H,5-11H2,1-4H3. The van der Waals surface area contributed by atoms with Crippen LogP contribution in [0.25, 0.3) is 0 Å². The van der Waals surface area contributed by atoms with Crippen molar-refractivity contribution in [3.05, 3.63) is 10.6 Å². The Balaban J connectivity index is 1.84. The number of likely N-dealkylation sites (N-methyl/N-ethyl adjacent to an activating group) is 1. The van der Waals surface area contributed by atoms with E-state index in [4.69, 9.17) is 4.98 Å². The Morgan fingerprint density at radius 3 is 2.81 bits per heavy atom. The molecule has 1 saturated heterocycles. The van der Waals surface area contributed by atoms with Gasteiger partial charge in [-0.25, -0.2) is 4.98 Å². The molecule has 1 aliphatic carbocycles. The first-order valence-corrected chi connectivity index (χ1v) is 8.90. The predicted octanol–water partition coefficient (Wildman–Crippen LogP) is 2.52. The molecule has 21 heavy (non-hydrogen) atoms. The highest BCUT2D eigenvalue weighted by molar-refractivity contribution is 7.15. The van der Waals surface area contributed by atoms with Gasteiger partial charge in [-0.3, -0.25) is 0 Å². The summed E-state index contributed by atoms with van der Waals surface area (Å²) in [6.07, 6.45) is 3.56. The number of anilines is 1. The van der Waals surface area contributed by atoms with E-state index in [1.807, 2.05) is 11.3 Å². The van der Waals surface area contributed by atoms with Crippen LogP contribution in [0.1, 0.15) is 43.3 Å². The van der Waals surface area contributed by atoms with Gasteiger partial charge in [0.05, 0.1) is 5.69 Å². The Morgan fingerprint density at radius 2 is 2.05 bits per heavy atom. The predicted molar refractivity (Wildman–Crippen MR) is 90.3 cm³/mol. The van der Waals surface area contributed by atoms with Gasteiger partial charge in [0.1, 0.15) is 0 Å². The van der Waals surface area contributed by atoms with Crippen molar-refractivity contribution in [3.63, 3.8) is 0 Å². The number of nitrogens with zero attached hydrogens (tertiary/aromatic N) is 3. The van der Waals surface area contributed by atoms with Gasteiger partial charge in [-0.1, -0.05) is 25.2 Å². The Labute approximate surface area is 132 Å². The highest BCUT2D eigenvalue weighted by Crippen LogP contribution is 2.44. The van der Waals surface area contributed by atoms with E-state index in [1.165, 1.54) is 35.1 Å². The van der Waals surface area contributed by atoms with Crippen LogP contribution in [0.5, 0.6) is 0 Å². The molecule has 0 aromatic carbocycles. The zero-order valence-corrected chi connectivity index (χ0v) is 14.6. The van der Waals surface area contributed by atoms with Gasteiger partial charge in [-0.05, 0) is 45.3 Å². The van der Waals surface area contributed by atoms with Crippen molar-refractivity contribution in [2.75, 3.05) is 45.2 Å². The Bertz CT molecular complexity index is 496. The van der Waals surface area contributed by atoms with E-state index < -0.39 is 0 Å². The number of nitrogens with one attached hydrogen (secondary N) is 1. The van der Waals surface area contributed by atoms with Crippen molar-refractivity contribution in [2.45, 2.75) is 39.2 Å². The molecule has 1 atom stereocenters. The zero-order chi connectivity index (χ0) is 15.0. The first-order chi connectivity index (χ1) is 9.98. The summed E-state index contributed by atoms with van der Waals surface area (Å²) in [7, 11) is 4.30. The molecule has 1 aliphatic heterocycles. The van der Waals surface area contributed by atoms with Crippen LogP contribution in [-0.2, 0) is 6.42 Å². The topological polar surface area (TPSA) is 31.4 Å². The third-order valence-corrected chi connectivity index (χ3v) is 6.05. The first kappa shape index (κ1) is 15.3. The summed E-state index contributed by atoms with van der Waals surface area (Å²) >= 11 is 1.92. The highest BCUT2D eigenvalue weighted by atomic mass is 32.1. The molecule has 1 aromatic rings. The number of aromatic nitrogens is 1. The van der Waals surface area contributed by atoms with E-state index in [-0.39, 0.29) is 0 Å². The summed E-state index contributed by atoms with van der Waals surface area (Å²) in [4.78, 5) is 11.4. The Kier molecular flexibility index (Phi) is 4.26. The summed E-state index contributed by atoms with van der Waals surface area (Å²) in [5, 5.41) is 4.74. The van der Waals surface area contributed by atoms with E-state index in [9.17, 15) is 0 Å². The fourth-order valence-corrected chi connectivity index (χ4v) is 4.77. The van der Waals surface area contributed by atoms with Crippen LogP contribution in [0.15, 0.2) is 0 Å².